The molecule has 0 saturated heterocycles. The predicted molar refractivity (Wildman–Crippen MR) is 87.2 cm³/mol. The third-order valence-corrected chi connectivity index (χ3v) is 7.96. The quantitative estimate of drug-likeness (QED) is 0.458. The second-order valence-electron chi connectivity index (χ2n) is 5.57. The van der Waals surface area contributed by atoms with Gasteiger partial charge in [0, 0.05) is 0 Å². The van der Waals surface area contributed by atoms with Gasteiger partial charge in [0.1, 0.15) is 0 Å². The molecule has 0 bridgehead atoms. The molecule has 5 heteroatoms. The van der Waals surface area contributed by atoms with Crippen molar-refractivity contribution in [2.24, 2.45) is 0 Å². The van der Waals surface area contributed by atoms with Gasteiger partial charge in [-0.2, -0.15) is 0 Å². The van der Waals surface area contributed by atoms with E-state index in [0.29, 0.717) is 0 Å². The van der Waals surface area contributed by atoms with Crippen molar-refractivity contribution in [2.45, 2.75) is 18.2 Å². The largest absolute Gasteiger partial charge is 1.00 e. The minimum absolute atomic E-state index is 0. The van der Waals surface area contributed by atoms with Crippen LogP contribution in [0.25, 0.3) is 6.08 Å². The molecule has 1 nitrogen and oxygen atoms in total. The first kappa shape index (κ1) is 19.1. The Morgan fingerprint density at radius 3 is 2.74 bits per heavy atom. The van der Waals surface area contributed by atoms with Gasteiger partial charge in [0.05, 0.1) is 0 Å². The molecule has 0 saturated carbocycles. The number of pyridine rings is 1. The molecule has 0 amide bonds. The second kappa shape index (κ2) is 7.78. The van der Waals surface area contributed by atoms with E-state index in [1.165, 1.54) is 25.7 Å². The maximum atomic E-state index is 4.96. The summed E-state index contributed by atoms with van der Waals surface area (Å²) in [5, 5.41) is 0. The molecular weight excluding hydrogens is 472 g/mol. The molecule has 116 valence electrons. The van der Waals surface area contributed by atoms with Crippen LogP contribution in [0.1, 0.15) is 29.4 Å². The van der Waals surface area contributed by atoms with Crippen molar-refractivity contribution in [1.82, 2.24) is 4.98 Å². The average Bonchev–Trinajstić information content (AvgIpc) is 3.08. The van der Waals surface area contributed by atoms with Crippen LogP contribution in [0.4, 0.5) is 0 Å². The van der Waals surface area contributed by atoms with Gasteiger partial charge in [0.25, 0.3) is 0 Å². The summed E-state index contributed by atoms with van der Waals surface area (Å²) in [6.45, 7) is 2.16. The first-order valence-corrected chi connectivity index (χ1v) is 10.5. The molecule has 3 aliphatic carbocycles. The minimum Gasteiger partial charge on any atom is -1.00 e. The number of allylic oxidation sites excluding steroid dienone is 9. The van der Waals surface area contributed by atoms with Crippen molar-refractivity contribution in [2.75, 3.05) is 0 Å². The molecular formula is C18H14BrCl2NZr. The van der Waals surface area contributed by atoms with Crippen molar-refractivity contribution in [3.05, 3.63) is 73.8 Å². The Kier molecular flexibility index (Phi) is 6.47. The number of nitrogens with zero attached hydrogens (tertiary/aromatic N) is 1. The van der Waals surface area contributed by atoms with Crippen LogP contribution in [-0.4, -0.2) is 4.98 Å². The van der Waals surface area contributed by atoms with Crippen molar-refractivity contribution in [3.63, 3.8) is 0 Å². The van der Waals surface area contributed by atoms with Gasteiger partial charge in [-0.25, -0.2) is 0 Å². The van der Waals surface area contributed by atoms with E-state index >= 15 is 0 Å². The van der Waals surface area contributed by atoms with Gasteiger partial charge in [-0.1, -0.05) is 0 Å². The fraction of sp³-hybridized carbons (Fsp3) is 0.167. The van der Waals surface area contributed by atoms with Gasteiger partial charge in [-0.15, -0.1) is 0 Å². The standard InChI is InChI=1S/C13H9BrN.C5H5.2ClH.Zr/c1-8-5-9-7-12-10(3-2-4-15-12)13(14)11(9)6-8;1-2-4-5-3-1;;;/h2-3,5-7,13H,1H3;1-3H,4H2;2*1H;/q;;;;+2/p-2. The Morgan fingerprint density at radius 1 is 1.17 bits per heavy atom. The Labute approximate surface area is 169 Å². The summed E-state index contributed by atoms with van der Waals surface area (Å²) in [7, 11) is 0. The molecule has 4 rings (SSSR count). The number of hydrogen-bond acceptors (Lipinski definition) is 1. The average molecular weight is 486 g/mol. The second-order valence-corrected chi connectivity index (χ2v) is 9.94. The SMILES string of the molecule is CC1=CC2=Cc3n[c]([Zr+2][C]4=CC=CC4)ccc3C(Br)C2=C1.[Cl-].[Cl-]. The molecule has 0 N–H and O–H groups in total. The molecule has 0 radical (unpaired) electrons. The van der Waals surface area contributed by atoms with Gasteiger partial charge in [0.15, 0.2) is 0 Å². The smallest absolute Gasteiger partial charge is 1.00 e. The number of fused-ring (bicyclic) bond motifs is 2. The van der Waals surface area contributed by atoms with Gasteiger partial charge < -0.3 is 24.8 Å². The summed E-state index contributed by atoms with van der Waals surface area (Å²) in [5.41, 5.74) is 6.47. The molecule has 1 aromatic rings. The van der Waals surface area contributed by atoms with Crippen molar-refractivity contribution >= 4 is 25.4 Å². The molecule has 0 aliphatic heterocycles. The number of hydrogen-bond donors (Lipinski definition) is 0. The van der Waals surface area contributed by atoms with Crippen molar-refractivity contribution in [1.29, 1.82) is 0 Å². The fourth-order valence-electron chi connectivity index (χ4n) is 2.95. The van der Waals surface area contributed by atoms with Crippen LogP contribution in [0.5, 0.6) is 0 Å². The van der Waals surface area contributed by atoms with E-state index in [0.717, 1.165) is 12.1 Å². The summed E-state index contributed by atoms with van der Waals surface area (Å²) in [6, 6.07) is 4.51. The molecule has 0 fully saturated rings. The summed E-state index contributed by atoms with van der Waals surface area (Å²) in [5.74, 6) is 0. The monoisotopic (exact) mass is 483 g/mol. The van der Waals surface area contributed by atoms with Crippen molar-refractivity contribution < 1.29 is 48.0 Å². The van der Waals surface area contributed by atoms with E-state index in [1.807, 2.05) is 0 Å². The van der Waals surface area contributed by atoms with Crippen LogP contribution in [0, 0.1) is 0 Å². The van der Waals surface area contributed by atoms with Crippen LogP contribution < -0.4 is 28.2 Å². The minimum atomic E-state index is -0.703. The molecule has 1 atom stereocenters. The van der Waals surface area contributed by atoms with E-state index in [2.05, 4.69) is 71.4 Å². The van der Waals surface area contributed by atoms with Crippen LogP contribution in [0.15, 0.2) is 62.5 Å². The van der Waals surface area contributed by atoms with Gasteiger partial charge in [0.2, 0.25) is 0 Å². The topological polar surface area (TPSA) is 12.9 Å². The van der Waals surface area contributed by atoms with E-state index < -0.39 is 23.2 Å². The molecule has 1 heterocycles. The van der Waals surface area contributed by atoms with E-state index in [4.69, 9.17) is 4.98 Å². The van der Waals surface area contributed by atoms with Crippen LogP contribution in [0.2, 0.25) is 0 Å². The maximum Gasteiger partial charge on any atom is -1.00 e. The Balaban J connectivity index is 0.000000960. The third-order valence-electron chi connectivity index (χ3n) is 3.96. The van der Waals surface area contributed by atoms with Crippen molar-refractivity contribution in [3.8, 4) is 0 Å². The first-order chi connectivity index (χ1) is 10.2. The van der Waals surface area contributed by atoms with E-state index in [1.54, 1.807) is 3.28 Å². The first-order valence-electron chi connectivity index (χ1n) is 7.10. The maximum absolute atomic E-state index is 4.96. The zero-order valence-corrected chi connectivity index (χ0v) is 18.0. The number of rotatable bonds is 2. The molecule has 3 aliphatic rings. The zero-order chi connectivity index (χ0) is 14.4. The molecule has 1 aromatic heterocycles. The van der Waals surface area contributed by atoms with Crippen LogP contribution in [0.3, 0.4) is 0 Å². The number of halogens is 3. The van der Waals surface area contributed by atoms with E-state index in [-0.39, 0.29) is 29.6 Å². The van der Waals surface area contributed by atoms with Crippen LogP contribution >= 0.6 is 15.9 Å². The summed E-state index contributed by atoms with van der Waals surface area (Å²) < 4.78 is 2.94. The number of aromatic nitrogens is 1. The third kappa shape index (κ3) is 3.74. The van der Waals surface area contributed by atoms with Gasteiger partial charge >= 0.3 is 146 Å². The zero-order valence-electron chi connectivity index (χ0n) is 12.5. The number of alkyl halides is 1. The molecule has 23 heavy (non-hydrogen) atoms. The Hall–Kier alpha value is -0.207. The summed E-state index contributed by atoms with van der Waals surface area (Å²) in [4.78, 5) is 5.23. The fourth-order valence-corrected chi connectivity index (χ4v) is 6.37. The van der Waals surface area contributed by atoms with Gasteiger partial charge in [-0.3, -0.25) is 0 Å². The molecule has 1 unspecified atom stereocenters. The van der Waals surface area contributed by atoms with E-state index in [9.17, 15) is 0 Å². The Morgan fingerprint density at radius 2 is 2.00 bits per heavy atom. The van der Waals surface area contributed by atoms with Crippen LogP contribution in [-0.2, 0) is 23.2 Å². The molecule has 0 aromatic carbocycles. The Bertz CT molecular complexity index is 790. The normalized spacial score (nSPS) is 20.0. The summed E-state index contributed by atoms with van der Waals surface area (Å²) in [6.07, 6.45) is 14.6. The predicted octanol–water partition coefficient (Wildman–Crippen LogP) is -1.64. The summed E-state index contributed by atoms with van der Waals surface area (Å²) >= 11 is 3.14. The van der Waals surface area contributed by atoms with Gasteiger partial charge in [-0.05, 0) is 0 Å². The molecule has 0 spiro atoms.